The molecule has 1 unspecified atom stereocenters. The molecule has 2 aromatic heterocycles. The molecule has 4 heteroatoms. The number of nitrogens with zero attached hydrogens (tertiary/aromatic N) is 3. The van der Waals surface area contributed by atoms with Crippen LogP contribution in [0.2, 0.25) is 0 Å². The van der Waals surface area contributed by atoms with Crippen LogP contribution in [0.5, 0.6) is 0 Å². The van der Waals surface area contributed by atoms with Gasteiger partial charge >= 0.3 is 0 Å². The van der Waals surface area contributed by atoms with Gasteiger partial charge in [-0.05, 0) is 25.3 Å². The standard InChI is InChI=1S/C11H16N4/c1-3-9-5-13-11-10(4-8(2)12)6-14-15(11)7-9/h5-8H,3-4,12H2,1-2H3. The maximum atomic E-state index is 5.77. The Morgan fingerprint density at radius 1 is 1.47 bits per heavy atom. The molecule has 2 rings (SSSR count). The molecule has 0 aliphatic carbocycles. The van der Waals surface area contributed by atoms with Crippen LogP contribution in [0.3, 0.4) is 0 Å². The summed E-state index contributed by atoms with van der Waals surface area (Å²) >= 11 is 0. The van der Waals surface area contributed by atoms with E-state index in [-0.39, 0.29) is 6.04 Å². The average molecular weight is 204 g/mol. The van der Waals surface area contributed by atoms with Gasteiger partial charge in [0.05, 0.1) is 6.20 Å². The predicted molar refractivity (Wildman–Crippen MR) is 59.7 cm³/mol. The van der Waals surface area contributed by atoms with Gasteiger partial charge in [-0.3, -0.25) is 0 Å². The monoisotopic (exact) mass is 204 g/mol. The van der Waals surface area contributed by atoms with E-state index in [1.165, 1.54) is 5.56 Å². The maximum absolute atomic E-state index is 5.77. The van der Waals surface area contributed by atoms with Gasteiger partial charge in [-0.25, -0.2) is 9.50 Å². The Balaban J connectivity index is 2.43. The number of nitrogens with two attached hydrogens (primary N) is 1. The maximum Gasteiger partial charge on any atom is 0.158 e. The molecule has 0 saturated carbocycles. The second kappa shape index (κ2) is 3.98. The smallest absolute Gasteiger partial charge is 0.158 e. The first-order valence-electron chi connectivity index (χ1n) is 5.27. The summed E-state index contributed by atoms with van der Waals surface area (Å²) in [5.41, 5.74) is 9.00. The summed E-state index contributed by atoms with van der Waals surface area (Å²) in [5, 5.41) is 4.28. The molecular formula is C11H16N4. The van der Waals surface area contributed by atoms with E-state index in [9.17, 15) is 0 Å². The Morgan fingerprint density at radius 3 is 2.93 bits per heavy atom. The van der Waals surface area contributed by atoms with Crippen molar-refractivity contribution in [1.29, 1.82) is 0 Å². The third-order valence-corrected chi connectivity index (χ3v) is 2.43. The van der Waals surface area contributed by atoms with Crippen LogP contribution in [0.15, 0.2) is 18.6 Å². The van der Waals surface area contributed by atoms with Crippen LogP contribution in [0.1, 0.15) is 25.0 Å². The van der Waals surface area contributed by atoms with Crippen LogP contribution in [0.4, 0.5) is 0 Å². The highest BCUT2D eigenvalue weighted by molar-refractivity contribution is 5.46. The summed E-state index contributed by atoms with van der Waals surface area (Å²) in [5.74, 6) is 0. The van der Waals surface area contributed by atoms with E-state index >= 15 is 0 Å². The summed E-state index contributed by atoms with van der Waals surface area (Å²) in [4.78, 5) is 4.41. The summed E-state index contributed by atoms with van der Waals surface area (Å²) in [6, 6.07) is 0.144. The minimum atomic E-state index is 0.144. The van der Waals surface area contributed by atoms with Crippen molar-refractivity contribution in [2.75, 3.05) is 0 Å². The normalized spacial score (nSPS) is 13.3. The molecule has 0 aromatic carbocycles. The van der Waals surface area contributed by atoms with Crippen molar-refractivity contribution in [3.05, 3.63) is 29.7 Å². The quantitative estimate of drug-likeness (QED) is 0.816. The Morgan fingerprint density at radius 2 is 2.27 bits per heavy atom. The molecule has 0 saturated heterocycles. The molecule has 0 aliphatic rings. The van der Waals surface area contributed by atoms with Gasteiger partial charge in [0.25, 0.3) is 0 Å². The lowest BCUT2D eigenvalue weighted by Gasteiger charge is -2.02. The fraction of sp³-hybridized carbons (Fsp3) is 0.455. The van der Waals surface area contributed by atoms with Crippen LogP contribution in [-0.4, -0.2) is 20.6 Å². The molecule has 2 aromatic rings. The zero-order valence-electron chi connectivity index (χ0n) is 9.14. The first-order chi connectivity index (χ1) is 7.20. The third kappa shape index (κ3) is 1.99. The van der Waals surface area contributed by atoms with E-state index in [1.807, 2.05) is 30.0 Å². The van der Waals surface area contributed by atoms with Gasteiger partial charge in [0.2, 0.25) is 0 Å². The van der Waals surface area contributed by atoms with E-state index in [0.29, 0.717) is 0 Å². The number of aryl methyl sites for hydroxylation is 1. The van der Waals surface area contributed by atoms with E-state index in [2.05, 4.69) is 17.0 Å². The summed E-state index contributed by atoms with van der Waals surface area (Å²) in [6.07, 6.45) is 7.58. The van der Waals surface area contributed by atoms with Gasteiger partial charge in [0.1, 0.15) is 0 Å². The van der Waals surface area contributed by atoms with Crippen LogP contribution in [0, 0.1) is 0 Å². The van der Waals surface area contributed by atoms with Gasteiger partial charge in [0, 0.05) is 24.0 Å². The molecule has 4 nitrogen and oxygen atoms in total. The molecule has 0 amide bonds. The zero-order valence-corrected chi connectivity index (χ0v) is 9.14. The summed E-state index contributed by atoms with van der Waals surface area (Å²) in [7, 11) is 0. The summed E-state index contributed by atoms with van der Waals surface area (Å²) in [6.45, 7) is 4.10. The topological polar surface area (TPSA) is 56.2 Å². The highest BCUT2D eigenvalue weighted by atomic mass is 15.2. The fourth-order valence-corrected chi connectivity index (χ4v) is 1.64. The summed E-state index contributed by atoms with van der Waals surface area (Å²) < 4.78 is 1.83. The second-order valence-electron chi connectivity index (χ2n) is 3.94. The van der Waals surface area contributed by atoms with Crippen LogP contribution < -0.4 is 5.73 Å². The lowest BCUT2D eigenvalue weighted by atomic mass is 10.1. The molecule has 2 N–H and O–H groups in total. The van der Waals surface area contributed by atoms with E-state index in [4.69, 9.17) is 5.73 Å². The molecule has 0 radical (unpaired) electrons. The Kier molecular flexibility index (Phi) is 2.68. The van der Waals surface area contributed by atoms with Crippen molar-refractivity contribution in [2.45, 2.75) is 32.7 Å². The number of rotatable bonds is 3. The van der Waals surface area contributed by atoms with Crippen molar-refractivity contribution in [2.24, 2.45) is 5.73 Å². The first kappa shape index (κ1) is 10.1. The molecule has 15 heavy (non-hydrogen) atoms. The lowest BCUT2D eigenvalue weighted by molar-refractivity contribution is 0.740. The Bertz CT molecular complexity index is 459. The molecular weight excluding hydrogens is 188 g/mol. The van der Waals surface area contributed by atoms with E-state index < -0.39 is 0 Å². The fourth-order valence-electron chi connectivity index (χ4n) is 1.64. The average Bonchev–Trinajstić information content (AvgIpc) is 2.60. The van der Waals surface area contributed by atoms with Crippen LogP contribution >= 0.6 is 0 Å². The molecule has 2 heterocycles. The minimum Gasteiger partial charge on any atom is -0.328 e. The molecule has 80 valence electrons. The number of hydrogen-bond donors (Lipinski definition) is 1. The van der Waals surface area contributed by atoms with Crippen LogP contribution in [0.25, 0.3) is 5.65 Å². The van der Waals surface area contributed by atoms with Crippen LogP contribution in [-0.2, 0) is 12.8 Å². The van der Waals surface area contributed by atoms with Gasteiger partial charge in [-0.15, -0.1) is 0 Å². The van der Waals surface area contributed by atoms with Crippen molar-refractivity contribution in [3.8, 4) is 0 Å². The van der Waals surface area contributed by atoms with E-state index in [1.54, 1.807) is 0 Å². The zero-order chi connectivity index (χ0) is 10.8. The van der Waals surface area contributed by atoms with Crippen molar-refractivity contribution >= 4 is 5.65 Å². The second-order valence-corrected chi connectivity index (χ2v) is 3.94. The van der Waals surface area contributed by atoms with Gasteiger partial charge in [-0.1, -0.05) is 6.92 Å². The SMILES string of the molecule is CCc1cnc2c(CC(C)N)cnn2c1. The molecule has 0 fully saturated rings. The Labute approximate surface area is 89.1 Å². The Hall–Kier alpha value is -1.42. The predicted octanol–water partition coefficient (Wildman–Crippen LogP) is 1.18. The van der Waals surface area contributed by atoms with Gasteiger partial charge in [0.15, 0.2) is 5.65 Å². The van der Waals surface area contributed by atoms with Crippen molar-refractivity contribution < 1.29 is 0 Å². The molecule has 0 spiro atoms. The lowest BCUT2D eigenvalue weighted by Crippen LogP contribution is -2.17. The molecule has 0 aliphatic heterocycles. The highest BCUT2D eigenvalue weighted by Gasteiger charge is 2.07. The van der Waals surface area contributed by atoms with E-state index in [0.717, 1.165) is 24.1 Å². The van der Waals surface area contributed by atoms with Gasteiger partial charge < -0.3 is 5.73 Å². The minimum absolute atomic E-state index is 0.144. The first-order valence-corrected chi connectivity index (χ1v) is 5.27. The molecule has 1 atom stereocenters. The number of fused-ring (bicyclic) bond motifs is 1. The van der Waals surface area contributed by atoms with Gasteiger partial charge in [-0.2, -0.15) is 5.10 Å². The van der Waals surface area contributed by atoms with Crippen molar-refractivity contribution in [1.82, 2.24) is 14.6 Å². The number of aromatic nitrogens is 3. The highest BCUT2D eigenvalue weighted by Crippen LogP contribution is 2.10. The third-order valence-electron chi connectivity index (χ3n) is 2.43. The molecule has 0 bridgehead atoms. The largest absolute Gasteiger partial charge is 0.328 e. The number of hydrogen-bond acceptors (Lipinski definition) is 3. The van der Waals surface area contributed by atoms with Crippen molar-refractivity contribution in [3.63, 3.8) is 0 Å².